The molecule has 0 aliphatic carbocycles. The Balaban J connectivity index is 2.67. The lowest BCUT2D eigenvalue weighted by Crippen LogP contribution is -2.28. The van der Waals surface area contributed by atoms with Crippen molar-refractivity contribution in [1.82, 2.24) is 4.98 Å². The summed E-state index contributed by atoms with van der Waals surface area (Å²) in [4.78, 5) is 4.06. The van der Waals surface area contributed by atoms with E-state index in [1.165, 1.54) is 6.20 Å². The highest BCUT2D eigenvalue weighted by Gasteiger charge is 2.16. The summed E-state index contributed by atoms with van der Waals surface area (Å²) in [5, 5.41) is 22.1. The van der Waals surface area contributed by atoms with Crippen LogP contribution in [-0.2, 0) is 0 Å². The van der Waals surface area contributed by atoms with Gasteiger partial charge in [0.25, 0.3) is 0 Å². The van der Waals surface area contributed by atoms with Crippen molar-refractivity contribution >= 4 is 17.4 Å². The number of pyridine rings is 1. The third-order valence-corrected chi connectivity index (χ3v) is 3.46. The molecule has 0 saturated heterocycles. The zero-order valence-corrected chi connectivity index (χ0v) is 11.4. The van der Waals surface area contributed by atoms with Crippen LogP contribution in [0.2, 0.25) is 5.02 Å². The molecular weight excluding hydrogens is 250 g/mol. The predicted octanol–water partition coefficient (Wildman–Crippen LogP) is 2.82. The van der Waals surface area contributed by atoms with Gasteiger partial charge in [0.1, 0.15) is 16.9 Å². The number of nitriles is 1. The van der Waals surface area contributed by atoms with Crippen molar-refractivity contribution in [1.29, 1.82) is 5.26 Å². The van der Waals surface area contributed by atoms with Gasteiger partial charge in [-0.3, -0.25) is 0 Å². The van der Waals surface area contributed by atoms with E-state index in [-0.39, 0.29) is 5.92 Å². The van der Waals surface area contributed by atoms with Gasteiger partial charge < -0.3 is 10.4 Å². The van der Waals surface area contributed by atoms with Crippen LogP contribution in [0.15, 0.2) is 12.3 Å². The summed E-state index contributed by atoms with van der Waals surface area (Å²) in [6, 6.07) is 3.55. The second kappa shape index (κ2) is 7.20. The lowest BCUT2D eigenvalue weighted by molar-refractivity contribution is 0.114. The number of nitrogens with one attached hydrogen (secondary N) is 1. The molecule has 98 valence electrons. The highest BCUT2D eigenvalue weighted by molar-refractivity contribution is 6.34. The van der Waals surface area contributed by atoms with Crippen molar-refractivity contribution < 1.29 is 5.11 Å². The quantitative estimate of drug-likeness (QED) is 0.832. The van der Waals surface area contributed by atoms with Crippen molar-refractivity contribution in [2.24, 2.45) is 5.92 Å². The fourth-order valence-electron chi connectivity index (χ4n) is 1.85. The van der Waals surface area contributed by atoms with Gasteiger partial charge >= 0.3 is 0 Å². The largest absolute Gasteiger partial charge is 0.391 e. The van der Waals surface area contributed by atoms with Gasteiger partial charge in [0.05, 0.1) is 11.7 Å². The number of rotatable bonds is 6. The third-order valence-electron chi connectivity index (χ3n) is 3.08. The number of hydrogen-bond acceptors (Lipinski definition) is 4. The molecule has 0 spiro atoms. The first-order valence-corrected chi connectivity index (χ1v) is 6.48. The highest BCUT2D eigenvalue weighted by atomic mass is 35.5. The van der Waals surface area contributed by atoms with Gasteiger partial charge in [0.15, 0.2) is 0 Å². The standard InChI is InChI=1S/C13H18ClN3O/c1-3-9(4-2)11(18)8-17-13-12(14)10(7-15)5-6-16-13/h5-6,9,11,18H,3-4,8H2,1-2H3,(H,16,17). The normalized spacial score (nSPS) is 12.2. The molecule has 4 nitrogen and oxygen atoms in total. The molecule has 0 bridgehead atoms. The van der Waals surface area contributed by atoms with Gasteiger partial charge in [-0.05, 0) is 12.0 Å². The minimum absolute atomic E-state index is 0.260. The van der Waals surface area contributed by atoms with E-state index in [4.69, 9.17) is 16.9 Å². The Labute approximate surface area is 113 Å². The molecule has 1 unspecified atom stereocenters. The van der Waals surface area contributed by atoms with Crippen molar-refractivity contribution in [3.63, 3.8) is 0 Å². The van der Waals surface area contributed by atoms with Crippen molar-refractivity contribution in [2.75, 3.05) is 11.9 Å². The molecule has 0 amide bonds. The monoisotopic (exact) mass is 267 g/mol. The number of halogens is 1. The van der Waals surface area contributed by atoms with Crippen LogP contribution in [0, 0.1) is 17.2 Å². The number of aromatic nitrogens is 1. The zero-order chi connectivity index (χ0) is 13.5. The van der Waals surface area contributed by atoms with E-state index < -0.39 is 6.10 Å². The minimum Gasteiger partial charge on any atom is -0.391 e. The Bertz CT molecular complexity index is 427. The summed E-state index contributed by atoms with van der Waals surface area (Å²) in [7, 11) is 0. The maximum absolute atomic E-state index is 9.99. The summed E-state index contributed by atoms with van der Waals surface area (Å²) >= 11 is 6.01. The predicted molar refractivity (Wildman–Crippen MR) is 72.5 cm³/mol. The Morgan fingerprint density at radius 2 is 2.17 bits per heavy atom. The summed E-state index contributed by atoms with van der Waals surface area (Å²) in [5.74, 6) is 0.705. The summed E-state index contributed by atoms with van der Waals surface area (Å²) in [6.45, 7) is 4.49. The molecule has 1 heterocycles. The number of aliphatic hydroxyl groups is 1. The lowest BCUT2D eigenvalue weighted by Gasteiger charge is -2.20. The molecule has 1 aromatic rings. The summed E-state index contributed by atoms with van der Waals surface area (Å²) < 4.78 is 0. The molecule has 1 rings (SSSR count). The van der Waals surface area contributed by atoms with Crippen LogP contribution in [0.5, 0.6) is 0 Å². The molecule has 5 heteroatoms. The molecule has 1 atom stereocenters. The minimum atomic E-state index is -0.441. The average Bonchev–Trinajstić information content (AvgIpc) is 2.39. The van der Waals surface area contributed by atoms with E-state index in [1.54, 1.807) is 6.07 Å². The van der Waals surface area contributed by atoms with E-state index in [1.807, 2.05) is 6.07 Å². The van der Waals surface area contributed by atoms with Crippen LogP contribution in [0.25, 0.3) is 0 Å². The smallest absolute Gasteiger partial charge is 0.146 e. The van der Waals surface area contributed by atoms with Gasteiger partial charge in [-0.2, -0.15) is 5.26 Å². The summed E-state index contributed by atoms with van der Waals surface area (Å²) in [5.41, 5.74) is 0.381. The molecule has 0 saturated carbocycles. The fourth-order valence-corrected chi connectivity index (χ4v) is 2.07. The molecule has 2 N–H and O–H groups in total. The molecule has 18 heavy (non-hydrogen) atoms. The number of nitrogens with zero attached hydrogens (tertiary/aromatic N) is 2. The van der Waals surface area contributed by atoms with Gasteiger partial charge in [-0.1, -0.05) is 38.3 Å². The van der Waals surface area contributed by atoms with Crippen molar-refractivity contribution in [2.45, 2.75) is 32.8 Å². The first kappa shape index (κ1) is 14.7. The Morgan fingerprint density at radius 1 is 1.50 bits per heavy atom. The van der Waals surface area contributed by atoms with Crippen molar-refractivity contribution in [3.05, 3.63) is 22.8 Å². The Hall–Kier alpha value is -1.31. The molecule has 0 fully saturated rings. The van der Waals surface area contributed by atoms with E-state index in [0.717, 1.165) is 12.8 Å². The van der Waals surface area contributed by atoms with Crippen LogP contribution >= 0.6 is 11.6 Å². The van der Waals surface area contributed by atoms with E-state index in [9.17, 15) is 5.11 Å². The van der Waals surface area contributed by atoms with Crippen molar-refractivity contribution in [3.8, 4) is 6.07 Å². The van der Waals surface area contributed by atoms with Gasteiger partial charge in [0.2, 0.25) is 0 Å². The van der Waals surface area contributed by atoms with Crippen LogP contribution in [-0.4, -0.2) is 22.7 Å². The molecule has 0 aromatic carbocycles. The molecule has 0 radical (unpaired) electrons. The first-order valence-electron chi connectivity index (χ1n) is 6.10. The van der Waals surface area contributed by atoms with Crippen LogP contribution in [0.3, 0.4) is 0 Å². The van der Waals surface area contributed by atoms with Crippen LogP contribution in [0.1, 0.15) is 32.3 Å². The van der Waals surface area contributed by atoms with Gasteiger partial charge in [-0.25, -0.2) is 4.98 Å². The van der Waals surface area contributed by atoms with E-state index in [0.29, 0.717) is 22.9 Å². The van der Waals surface area contributed by atoms with E-state index in [2.05, 4.69) is 24.1 Å². The number of aliphatic hydroxyl groups excluding tert-OH is 1. The number of anilines is 1. The molecule has 1 aromatic heterocycles. The maximum Gasteiger partial charge on any atom is 0.146 e. The maximum atomic E-state index is 9.99. The Kier molecular flexibility index (Phi) is 5.90. The van der Waals surface area contributed by atoms with Crippen LogP contribution in [0.4, 0.5) is 5.82 Å². The topological polar surface area (TPSA) is 68.9 Å². The average molecular weight is 268 g/mol. The fraction of sp³-hybridized carbons (Fsp3) is 0.538. The zero-order valence-electron chi connectivity index (χ0n) is 10.7. The third kappa shape index (κ3) is 3.59. The highest BCUT2D eigenvalue weighted by Crippen LogP contribution is 2.23. The van der Waals surface area contributed by atoms with Crippen LogP contribution < -0.4 is 5.32 Å². The number of hydrogen-bond donors (Lipinski definition) is 2. The Morgan fingerprint density at radius 3 is 2.72 bits per heavy atom. The van der Waals surface area contributed by atoms with Gasteiger partial charge in [0, 0.05) is 12.7 Å². The second-order valence-electron chi connectivity index (χ2n) is 4.16. The first-order chi connectivity index (χ1) is 8.63. The molecule has 0 aliphatic heterocycles. The van der Waals surface area contributed by atoms with Gasteiger partial charge in [-0.15, -0.1) is 0 Å². The lowest BCUT2D eigenvalue weighted by atomic mass is 9.96. The SMILES string of the molecule is CCC(CC)C(O)CNc1nccc(C#N)c1Cl. The summed E-state index contributed by atoms with van der Waals surface area (Å²) in [6.07, 6.45) is 2.94. The second-order valence-corrected chi connectivity index (χ2v) is 4.54. The molecule has 0 aliphatic rings. The van der Waals surface area contributed by atoms with E-state index >= 15 is 0 Å². The molecular formula is C13H18ClN3O.